The van der Waals surface area contributed by atoms with E-state index in [1.807, 2.05) is 55.5 Å². The Morgan fingerprint density at radius 2 is 1.30 bits per heavy atom. The summed E-state index contributed by atoms with van der Waals surface area (Å²) >= 11 is 0. The molecule has 0 bridgehead atoms. The summed E-state index contributed by atoms with van der Waals surface area (Å²) in [6.07, 6.45) is 6.84. The highest BCUT2D eigenvalue weighted by Crippen LogP contribution is 2.20. The van der Waals surface area contributed by atoms with Gasteiger partial charge in [-0.15, -0.1) is 6.42 Å². The third-order valence-electron chi connectivity index (χ3n) is 4.24. The Hall–Kier alpha value is -3.36. The van der Waals surface area contributed by atoms with Crippen molar-refractivity contribution < 1.29 is 8.78 Å². The van der Waals surface area contributed by atoms with Crippen LogP contribution in [0, 0.1) is 35.8 Å². The fourth-order valence-electron chi connectivity index (χ4n) is 2.82. The van der Waals surface area contributed by atoms with Gasteiger partial charge in [-0.3, -0.25) is 0 Å². The molecule has 0 N–H and O–H groups in total. The lowest BCUT2D eigenvalue weighted by molar-refractivity contribution is 0.573. The van der Waals surface area contributed by atoms with Crippen LogP contribution in [-0.4, -0.2) is 0 Å². The third-order valence-corrected chi connectivity index (χ3v) is 4.24. The maximum absolute atomic E-state index is 14.1. The molecule has 0 saturated carbocycles. The fourth-order valence-corrected chi connectivity index (χ4v) is 2.82. The number of benzene rings is 3. The van der Waals surface area contributed by atoms with Crippen molar-refractivity contribution in [1.29, 1.82) is 0 Å². The van der Waals surface area contributed by atoms with Gasteiger partial charge >= 0.3 is 0 Å². The summed E-state index contributed by atoms with van der Waals surface area (Å²) in [5.74, 6) is 6.81. The van der Waals surface area contributed by atoms with Crippen molar-refractivity contribution in [2.75, 3.05) is 0 Å². The fraction of sp³-hybridized carbons (Fsp3) is 0.120. The van der Waals surface area contributed by atoms with Gasteiger partial charge in [0.25, 0.3) is 0 Å². The van der Waals surface area contributed by atoms with Crippen molar-refractivity contribution >= 4 is 0 Å². The van der Waals surface area contributed by atoms with E-state index in [4.69, 9.17) is 6.42 Å². The van der Waals surface area contributed by atoms with E-state index in [0.29, 0.717) is 17.5 Å². The standard InChI is InChI=1S/C25H18F2/c1-3-5-20-16-24(26)23(25(27)17-20)15-10-19-8-13-22(14-9-19)21-11-6-18(4-2)7-12-21/h2,6-9,11-14,16-17H,3,5H2,1H3. The number of terminal acetylenes is 1. The summed E-state index contributed by atoms with van der Waals surface area (Å²) in [6.45, 7) is 1.97. The van der Waals surface area contributed by atoms with E-state index in [0.717, 1.165) is 23.1 Å². The van der Waals surface area contributed by atoms with Gasteiger partial charge in [0.15, 0.2) is 0 Å². The molecule has 0 atom stereocenters. The van der Waals surface area contributed by atoms with Crippen LogP contribution in [0.1, 0.15) is 35.6 Å². The second kappa shape index (κ2) is 8.35. The quantitative estimate of drug-likeness (QED) is 0.508. The first-order valence-corrected chi connectivity index (χ1v) is 8.77. The molecule has 0 heterocycles. The van der Waals surface area contributed by atoms with Crippen LogP contribution >= 0.6 is 0 Å². The molecular weight excluding hydrogens is 338 g/mol. The maximum Gasteiger partial charge on any atom is 0.142 e. The molecule has 0 aliphatic rings. The highest BCUT2D eigenvalue weighted by molar-refractivity contribution is 5.65. The number of hydrogen-bond donors (Lipinski definition) is 0. The lowest BCUT2D eigenvalue weighted by atomic mass is 10.0. The van der Waals surface area contributed by atoms with Gasteiger partial charge in [0.2, 0.25) is 0 Å². The summed E-state index contributed by atoms with van der Waals surface area (Å²) in [4.78, 5) is 0. The van der Waals surface area contributed by atoms with Crippen molar-refractivity contribution in [3.63, 3.8) is 0 Å². The van der Waals surface area contributed by atoms with Crippen molar-refractivity contribution in [1.82, 2.24) is 0 Å². The van der Waals surface area contributed by atoms with Crippen LogP contribution in [-0.2, 0) is 6.42 Å². The minimum Gasteiger partial charge on any atom is -0.206 e. The molecule has 0 aliphatic carbocycles. The first-order valence-electron chi connectivity index (χ1n) is 8.77. The lowest BCUT2D eigenvalue weighted by Gasteiger charge is -2.03. The Balaban J connectivity index is 1.83. The zero-order chi connectivity index (χ0) is 19.2. The molecule has 0 unspecified atom stereocenters. The maximum atomic E-state index is 14.1. The average Bonchev–Trinajstić information content (AvgIpc) is 2.68. The minimum atomic E-state index is -0.615. The van der Waals surface area contributed by atoms with E-state index < -0.39 is 11.6 Å². The summed E-state index contributed by atoms with van der Waals surface area (Å²) in [7, 11) is 0. The third kappa shape index (κ3) is 4.43. The monoisotopic (exact) mass is 356 g/mol. The van der Waals surface area contributed by atoms with E-state index in [9.17, 15) is 8.78 Å². The minimum absolute atomic E-state index is 0.191. The molecule has 0 spiro atoms. The summed E-state index contributed by atoms with van der Waals surface area (Å²) in [6, 6.07) is 17.9. The topological polar surface area (TPSA) is 0 Å². The molecule has 3 aromatic rings. The molecule has 27 heavy (non-hydrogen) atoms. The molecule has 2 heteroatoms. The van der Waals surface area contributed by atoms with E-state index in [-0.39, 0.29) is 5.56 Å². The van der Waals surface area contributed by atoms with Crippen LogP contribution in [0.15, 0.2) is 60.7 Å². The Labute approximate surface area is 158 Å². The van der Waals surface area contributed by atoms with E-state index in [1.54, 1.807) is 0 Å². The molecule has 0 saturated heterocycles. The van der Waals surface area contributed by atoms with Crippen molar-refractivity contribution in [2.45, 2.75) is 19.8 Å². The smallest absolute Gasteiger partial charge is 0.142 e. The normalized spacial score (nSPS) is 10.0. The summed E-state index contributed by atoms with van der Waals surface area (Å²) < 4.78 is 28.3. The average molecular weight is 356 g/mol. The van der Waals surface area contributed by atoms with Gasteiger partial charge in [0, 0.05) is 11.1 Å². The molecule has 0 amide bonds. The van der Waals surface area contributed by atoms with Crippen LogP contribution in [0.3, 0.4) is 0 Å². The largest absolute Gasteiger partial charge is 0.206 e. The first-order chi connectivity index (χ1) is 13.1. The van der Waals surface area contributed by atoms with Gasteiger partial charge in [-0.05, 0) is 59.5 Å². The van der Waals surface area contributed by atoms with Crippen LogP contribution < -0.4 is 0 Å². The lowest BCUT2D eigenvalue weighted by Crippen LogP contribution is -1.94. The van der Waals surface area contributed by atoms with Gasteiger partial charge in [0.05, 0.1) is 5.56 Å². The van der Waals surface area contributed by atoms with Crippen LogP contribution in [0.25, 0.3) is 11.1 Å². The molecular formula is C25H18F2. The zero-order valence-corrected chi connectivity index (χ0v) is 15.0. The molecule has 132 valence electrons. The van der Waals surface area contributed by atoms with Gasteiger partial charge in [-0.1, -0.05) is 55.4 Å². The number of rotatable bonds is 3. The Bertz CT molecular complexity index is 1020. The van der Waals surface area contributed by atoms with Gasteiger partial charge in [0.1, 0.15) is 11.6 Å². The Morgan fingerprint density at radius 1 is 0.778 bits per heavy atom. The van der Waals surface area contributed by atoms with Crippen LogP contribution in [0.2, 0.25) is 0 Å². The predicted molar refractivity (Wildman–Crippen MR) is 106 cm³/mol. The van der Waals surface area contributed by atoms with E-state index in [1.165, 1.54) is 12.1 Å². The van der Waals surface area contributed by atoms with E-state index >= 15 is 0 Å². The van der Waals surface area contributed by atoms with Crippen LogP contribution in [0.4, 0.5) is 8.78 Å². The second-order valence-electron chi connectivity index (χ2n) is 6.23. The van der Waals surface area contributed by atoms with Crippen molar-refractivity contribution in [3.05, 3.63) is 94.6 Å². The second-order valence-corrected chi connectivity index (χ2v) is 6.23. The van der Waals surface area contributed by atoms with Crippen molar-refractivity contribution in [3.8, 4) is 35.3 Å². The summed E-state index contributed by atoms with van der Waals surface area (Å²) in [5.41, 5.74) is 4.04. The molecule has 0 aromatic heterocycles. The van der Waals surface area contributed by atoms with Gasteiger partial charge in [-0.25, -0.2) is 8.78 Å². The molecule has 3 rings (SSSR count). The SMILES string of the molecule is C#Cc1ccc(-c2ccc(C#Cc3c(F)cc(CCC)cc3F)cc2)cc1. The predicted octanol–water partition coefficient (Wildman–Crippen LogP) is 5.97. The molecule has 0 fully saturated rings. The Morgan fingerprint density at radius 3 is 1.78 bits per heavy atom. The highest BCUT2D eigenvalue weighted by Gasteiger charge is 2.08. The highest BCUT2D eigenvalue weighted by atomic mass is 19.1. The number of halogens is 2. The molecule has 0 nitrogen and oxygen atoms in total. The number of aryl methyl sites for hydroxylation is 1. The van der Waals surface area contributed by atoms with Gasteiger partial charge in [-0.2, -0.15) is 0 Å². The Kier molecular flexibility index (Phi) is 5.70. The first kappa shape index (κ1) is 18.4. The molecule has 0 aliphatic heterocycles. The van der Waals surface area contributed by atoms with E-state index in [2.05, 4.69) is 17.8 Å². The van der Waals surface area contributed by atoms with Crippen molar-refractivity contribution in [2.24, 2.45) is 0 Å². The molecule has 0 radical (unpaired) electrons. The van der Waals surface area contributed by atoms with Crippen LogP contribution in [0.5, 0.6) is 0 Å². The number of hydrogen-bond acceptors (Lipinski definition) is 0. The summed E-state index contributed by atoms with van der Waals surface area (Å²) in [5, 5.41) is 0. The zero-order valence-electron chi connectivity index (χ0n) is 15.0. The molecule has 3 aromatic carbocycles. The van der Waals surface area contributed by atoms with Gasteiger partial charge < -0.3 is 0 Å².